The summed E-state index contributed by atoms with van der Waals surface area (Å²) in [7, 11) is 0. The lowest BCUT2D eigenvalue weighted by Crippen LogP contribution is -2.16. The van der Waals surface area contributed by atoms with Gasteiger partial charge in [-0.25, -0.2) is 4.39 Å². The molecular weight excluding hydrogens is 379 g/mol. The van der Waals surface area contributed by atoms with Gasteiger partial charge in [-0.05, 0) is 49.5 Å². The highest BCUT2D eigenvalue weighted by Gasteiger charge is 2.42. The first kappa shape index (κ1) is 24.3. The van der Waals surface area contributed by atoms with Gasteiger partial charge in [0.2, 0.25) is 0 Å². The normalized spacial score (nSPS) is 25.3. The Morgan fingerprint density at radius 2 is 1.97 bits per heavy atom. The molecule has 0 aromatic heterocycles. The van der Waals surface area contributed by atoms with Crippen molar-refractivity contribution in [2.75, 3.05) is 0 Å². The van der Waals surface area contributed by atoms with Crippen LogP contribution in [-0.4, -0.2) is 28.5 Å². The van der Waals surface area contributed by atoms with Crippen molar-refractivity contribution in [1.29, 1.82) is 0 Å². The molecule has 1 aromatic carbocycles. The van der Waals surface area contributed by atoms with Crippen LogP contribution in [-0.2, 0) is 4.79 Å². The van der Waals surface area contributed by atoms with E-state index >= 15 is 4.39 Å². The zero-order valence-corrected chi connectivity index (χ0v) is 18.1. The second-order valence-electron chi connectivity index (χ2n) is 8.45. The molecule has 0 radical (unpaired) electrons. The average molecular weight is 417 g/mol. The van der Waals surface area contributed by atoms with Gasteiger partial charge >= 0.3 is 5.97 Å². The minimum Gasteiger partial charge on any atom is -0.481 e. The Hall–Kier alpha value is -1.94. The summed E-state index contributed by atoms with van der Waals surface area (Å²) < 4.78 is 15.0. The van der Waals surface area contributed by atoms with Crippen LogP contribution in [0.15, 0.2) is 54.6 Å². The number of unbranched alkanes of at least 4 members (excludes halogenated alkanes) is 3. The number of rotatable bonds is 13. The summed E-state index contributed by atoms with van der Waals surface area (Å²) in [5.74, 6) is -0.737. The molecule has 1 saturated carbocycles. The van der Waals surface area contributed by atoms with Crippen molar-refractivity contribution in [3.8, 4) is 0 Å². The van der Waals surface area contributed by atoms with E-state index in [0.29, 0.717) is 25.7 Å². The molecule has 166 valence electrons. The van der Waals surface area contributed by atoms with E-state index in [9.17, 15) is 9.90 Å². The lowest BCUT2D eigenvalue weighted by Gasteiger charge is -2.22. The number of aliphatic hydroxyl groups excluding tert-OH is 1. The van der Waals surface area contributed by atoms with E-state index in [1.807, 2.05) is 36.4 Å². The van der Waals surface area contributed by atoms with Crippen molar-refractivity contribution in [3.05, 3.63) is 60.2 Å². The van der Waals surface area contributed by atoms with E-state index in [1.165, 1.54) is 0 Å². The zero-order chi connectivity index (χ0) is 21.8. The highest BCUT2D eigenvalue weighted by Crippen LogP contribution is 2.47. The maximum absolute atomic E-state index is 15.0. The Kier molecular flexibility index (Phi) is 10.9. The maximum Gasteiger partial charge on any atom is 0.303 e. The van der Waals surface area contributed by atoms with Crippen LogP contribution in [0.3, 0.4) is 0 Å². The van der Waals surface area contributed by atoms with E-state index in [2.05, 4.69) is 25.1 Å². The van der Waals surface area contributed by atoms with E-state index in [0.717, 1.165) is 31.2 Å². The molecule has 0 amide bonds. The van der Waals surface area contributed by atoms with Gasteiger partial charge in [-0.1, -0.05) is 80.8 Å². The van der Waals surface area contributed by atoms with Crippen LogP contribution in [0.5, 0.6) is 0 Å². The summed E-state index contributed by atoms with van der Waals surface area (Å²) in [6, 6.07) is 10.1. The number of carboxylic acid groups (broad SMARTS) is 1. The first-order valence-corrected chi connectivity index (χ1v) is 11.4. The van der Waals surface area contributed by atoms with Crippen molar-refractivity contribution >= 4 is 5.97 Å². The molecule has 5 atom stereocenters. The standard InChI is InChI=1S/C26H37FO3/c1-2-3-7-14-21(28)17-18-22-23(15-10-4-5-11-16-26(29)30)25(27)19-24(22)20-12-8-6-9-13-20/h4,6,8-10,12-13,17-18,21-25,28H,2-3,5,7,11,14-16,19H2,1H3,(H,29,30)/b10-4-,18-17+/t21?,22-,23-,24?,25+/m1/s1. The number of allylic oxidation sites excluding steroid dienone is 3. The summed E-state index contributed by atoms with van der Waals surface area (Å²) in [6.45, 7) is 2.15. The first-order valence-electron chi connectivity index (χ1n) is 11.4. The molecule has 0 spiro atoms. The quantitative estimate of drug-likeness (QED) is 0.287. The first-order chi connectivity index (χ1) is 14.5. The molecule has 1 aliphatic carbocycles. The van der Waals surface area contributed by atoms with Gasteiger partial charge in [0, 0.05) is 12.3 Å². The van der Waals surface area contributed by atoms with Crippen LogP contribution in [0.4, 0.5) is 4.39 Å². The average Bonchev–Trinajstić information content (AvgIpc) is 3.05. The third-order valence-corrected chi connectivity index (χ3v) is 6.13. The monoisotopic (exact) mass is 416 g/mol. The Morgan fingerprint density at radius 3 is 2.67 bits per heavy atom. The van der Waals surface area contributed by atoms with Crippen LogP contribution >= 0.6 is 0 Å². The summed E-state index contributed by atoms with van der Waals surface area (Å²) in [4.78, 5) is 10.6. The smallest absolute Gasteiger partial charge is 0.303 e. The summed E-state index contributed by atoms with van der Waals surface area (Å²) in [6.07, 6.45) is 13.2. The third kappa shape index (κ3) is 8.06. The molecular formula is C26H37FO3. The van der Waals surface area contributed by atoms with Gasteiger partial charge < -0.3 is 10.2 Å². The van der Waals surface area contributed by atoms with Gasteiger partial charge in [0.25, 0.3) is 0 Å². The number of hydrogen-bond donors (Lipinski definition) is 2. The van der Waals surface area contributed by atoms with Crippen LogP contribution in [0.25, 0.3) is 0 Å². The number of hydrogen-bond acceptors (Lipinski definition) is 2. The molecule has 1 aliphatic rings. The topological polar surface area (TPSA) is 57.5 Å². The number of aliphatic hydroxyl groups is 1. The number of benzene rings is 1. The van der Waals surface area contributed by atoms with Gasteiger partial charge in [-0.15, -0.1) is 0 Å². The minimum absolute atomic E-state index is 0.0481. The number of carbonyl (C=O) groups is 1. The highest BCUT2D eigenvalue weighted by molar-refractivity contribution is 5.66. The van der Waals surface area contributed by atoms with Gasteiger partial charge in [0.1, 0.15) is 6.17 Å². The minimum atomic E-state index is -0.884. The molecule has 0 bridgehead atoms. The van der Waals surface area contributed by atoms with Crippen molar-refractivity contribution in [2.45, 2.75) is 82.9 Å². The summed E-state index contributed by atoms with van der Waals surface area (Å²) >= 11 is 0. The number of carboxylic acids is 1. The van der Waals surface area contributed by atoms with Crippen LogP contribution in [0.1, 0.15) is 76.2 Å². The Bertz CT molecular complexity index is 670. The number of aliphatic carboxylic acids is 1. The molecule has 4 heteroatoms. The predicted molar refractivity (Wildman–Crippen MR) is 120 cm³/mol. The van der Waals surface area contributed by atoms with Gasteiger partial charge in [-0.3, -0.25) is 4.79 Å². The lowest BCUT2D eigenvalue weighted by molar-refractivity contribution is -0.137. The van der Waals surface area contributed by atoms with E-state index in [4.69, 9.17) is 5.11 Å². The predicted octanol–water partition coefficient (Wildman–Crippen LogP) is 6.44. The van der Waals surface area contributed by atoms with Crippen molar-refractivity contribution in [2.24, 2.45) is 11.8 Å². The molecule has 3 nitrogen and oxygen atoms in total. The molecule has 2 rings (SSSR count). The summed E-state index contributed by atoms with van der Waals surface area (Å²) in [5, 5.41) is 19.0. The molecule has 0 saturated heterocycles. The van der Waals surface area contributed by atoms with Gasteiger partial charge in [0.15, 0.2) is 0 Å². The fraction of sp³-hybridized carbons (Fsp3) is 0.577. The van der Waals surface area contributed by atoms with Crippen LogP contribution < -0.4 is 0 Å². The highest BCUT2D eigenvalue weighted by atomic mass is 19.1. The van der Waals surface area contributed by atoms with E-state index in [-0.39, 0.29) is 24.2 Å². The molecule has 1 aromatic rings. The fourth-order valence-electron chi connectivity index (χ4n) is 4.45. The Labute approximate surface area is 180 Å². The van der Waals surface area contributed by atoms with Gasteiger partial charge in [0.05, 0.1) is 6.10 Å². The van der Waals surface area contributed by atoms with Crippen molar-refractivity contribution in [3.63, 3.8) is 0 Å². The SMILES string of the molecule is CCCCCC(O)/C=C/[C@H]1C(c2ccccc2)C[C@H](F)[C@@H]1C/C=C\CCCC(=O)O. The molecule has 0 heterocycles. The fourth-order valence-corrected chi connectivity index (χ4v) is 4.45. The van der Waals surface area contributed by atoms with E-state index < -0.39 is 18.2 Å². The molecule has 30 heavy (non-hydrogen) atoms. The lowest BCUT2D eigenvalue weighted by atomic mass is 9.82. The molecule has 2 unspecified atom stereocenters. The molecule has 1 fully saturated rings. The second-order valence-corrected chi connectivity index (χ2v) is 8.45. The summed E-state index contributed by atoms with van der Waals surface area (Å²) in [5.41, 5.74) is 1.16. The third-order valence-electron chi connectivity index (χ3n) is 6.13. The second kappa shape index (κ2) is 13.4. The van der Waals surface area contributed by atoms with Crippen molar-refractivity contribution in [1.82, 2.24) is 0 Å². The van der Waals surface area contributed by atoms with Crippen LogP contribution in [0, 0.1) is 11.8 Å². The Morgan fingerprint density at radius 1 is 1.20 bits per heavy atom. The molecule has 0 aliphatic heterocycles. The Balaban J connectivity index is 2.05. The van der Waals surface area contributed by atoms with Gasteiger partial charge in [-0.2, -0.15) is 0 Å². The molecule has 2 N–H and O–H groups in total. The number of alkyl halides is 1. The zero-order valence-electron chi connectivity index (χ0n) is 18.1. The maximum atomic E-state index is 15.0. The van der Waals surface area contributed by atoms with E-state index in [1.54, 1.807) is 0 Å². The largest absolute Gasteiger partial charge is 0.481 e. The van der Waals surface area contributed by atoms with Crippen molar-refractivity contribution < 1.29 is 19.4 Å². The number of halogens is 1. The van der Waals surface area contributed by atoms with Crippen LogP contribution in [0.2, 0.25) is 0 Å².